The lowest BCUT2D eigenvalue weighted by Crippen LogP contribution is -2.41. The number of alkyl halides is 2. The highest BCUT2D eigenvalue weighted by Gasteiger charge is 2.47. The molecule has 2 atom stereocenters. The summed E-state index contributed by atoms with van der Waals surface area (Å²) in [6, 6.07) is 12.0. The fourth-order valence-electron chi connectivity index (χ4n) is 2.85. The summed E-state index contributed by atoms with van der Waals surface area (Å²) < 4.78 is 22.4. The maximum Gasteiger partial charge on any atom is 0.115 e. The second-order valence-electron chi connectivity index (χ2n) is 4.89. The largest absolute Gasteiger partial charge is 0.394 e. The fourth-order valence-corrected chi connectivity index (χ4v) is 2.85. The molecule has 1 aromatic rings. The van der Waals surface area contributed by atoms with Crippen molar-refractivity contribution in [2.24, 2.45) is 0 Å². The molecule has 2 fully saturated rings. The van der Waals surface area contributed by atoms with Gasteiger partial charge in [0.25, 0.3) is 0 Å². The Morgan fingerprint density at radius 2 is 1.68 bits per heavy atom. The highest BCUT2D eigenvalue weighted by Crippen LogP contribution is 2.39. The van der Waals surface area contributed by atoms with E-state index in [9.17, 15) is 8.78 Å². The van der Waals surface area contributed by atoms with E-state index >= 15 is 0 Å². The Kier molecular flexibility index (Phi) is 6.95. The minimum absolute atomic E-state index is 0.132. The Labute approximate surface area is 114 Å². The van der Waals surface area contributed by atoms with Gasteiger partial charge in [0.2, 0.25) is 0 Å². The zero-order chi connectivity index (χ0) is 14.1. The molecule has 1 N–H and O–H groups in total. The maximum atomic E-state index is 12.9. The molecule has 2 heterocycles. The Bertz CT molecular complexity index is 309. The smallest absolute Gasteiger partial charge is 0.115 e. The number of hydrogen-bond donors (Lipinski definition) is 1. The maximum absolute atomic E-state index is 12.9. The van der Waals surface area contributed by atoms with Gasteiger partial charge in [-0.3, -0.25) is 9.29 Å². The number of aliphatic hydroxyl groups is 1. The topological polar surface area (TPSA) is 23.5 Å². The molecular formula is C15H23F2NO. The van der Waals surface area contributed by atoms with Crippen LogP contribution in [0.5, 0.6) is 0 Å². The van der Waals surface area contributed by atoms with Crippen molar-refractivity contribution in [3.05, 3.63) is 36.4 Å². The van der Waals surface area contributed by atoms with Gasteiger partial charge in [-0.05, 0) is 19.4 Å². The van der Waals surface area contributed by atoms with Gasteiger partial charge >= 0.3 is 0 Å². The van der Waals surface area contributed by atoms with Crippen molar-refractivity contribution in [2.75, 3.05) is 26.9 Å². The molecule has 19 heavy (non-hydrogen) atoms. The van der Waals surface area contributed by atoms with Gasteiger partial charge in [-0.2, -0.15) is 0 Å². The van der Waals surface area contributed by atoms with Gasteiger partial charge in [-0.1, -0.05) is 36.4 Å². The molecule has 2 aliphatic rings. The third kappa shape index (κ3) is 4.25. The highest BCUT2D eigenvalue weighted by molar-refractivity contribution is 5.03. The Hall–Kier alpha value is -1.00. The molecule has 1 aromatic carbocycles. The lowest BCUT2D eigenvalue weighted by molar-refractivity contribution is 0.0996. The first kappa shape index (κ1) is 16.1. The Balaban J connectivity index is 0.000000192. The monoisotopic (exact) mass is 271 g/mol. The molecule has 0 aromatic heterocycles. The van der Waals surface area contributed by atoms with Crippen molar-refractivity contribution in [2.45, 2.75) is 31.0 Å². The minimum Gasteiger partial charge on any atom is -0.394 e. The molecule has 0 radical (unpaired) electrons. The van der Waals surface area contributed by atoms with E-state index in [1.807, 2.05) is 36.4 Å². The summed E-state index contributed by atoms with van der Waals surface area (Å²) in [7, 11) is 0.500. The van der Waals surface area contributed by atoms with Crippen LogP contribution >= 0.6 is 0 Å². The number of rotatable bonds is 1. The van der Waals surface area contributed by atoms with Crippen LogP contribution in [0.25, 0.3) is 0 Å². The number of halogens is 2. The molecule has 0 aliphatic carbocycles. The molecule has 0 saturated carbocycles. The summed E-state index contributed by atoms with van der Waals surface area (Å²) in [5.74, 6) is 0. The summed E-state index contributed by atoms with van der Waals surface area (Å²) in [6.45, 7) is 1.65. The van der Waals surface area contributed by atoms with E-state index < -0.39 is 6.17 Å². The molecule has 3 rings (SSSR count). The molecule has 4 heteroatoms. The van der Waals surface area contributed by atoms with Crippen molar-refractivity contribution < 1.29 is 13.9 Å². The first-order chi connectivity index (χ1) is 9.27. The Morgan fingerprint density at radius 1 is 1.16 bits per heavy atom. The van der Waals surface area contributed by atoms with Crippen LogP contribution < -0.4 is 0 Å². The van der Waals surface area contributed by atoms with E-state index in [-0.39, 0.29) is 12.1 Å². The number of benzene rings is 1. The van der Waals surface area contributed by atoms with E-state index in [1.54, 1.807) is 0 Å². The lowest BCUT2D eigenvalue weighted by Gasteiger charge is -2.28. The average molecular weight is 271 g/mol. The van der Waals surface area contributed by atoms with Crippen LogP contribution in [0, 0.1) is 0 Å². The lowest BCUT2D eigenvalue weighted by atomic mass is 9.95. The van der Waals surface area contributed by atoms with Crippen LogP contribution in [-0.2, 0) is 0 Å². The van der Waals surface area contributed by atoms with Crippen molar-refractivity contribution in [3.8, 4) is 0 Å². The highest BCUT2D eigenvalue weighted by atomic mass is 19.1. The van der Waals surface area contributed by atoms with E-state index in [2.05, 4.69) is 4.90 Å². The molecule has 0 unspecified atom stereocenters. The number of fused-ring (bicyclic) bond motifs is 1. The van der Waals surface area contributed by atoms with Crippen molar-refractivity contribution in [1.29, 1.82) is 0 Å². The second kappa shape index (κ2) is 8.23. The second-order valence-corrected chi connectivity index (χ2v) is 4.89. The summed E-state index contributed by atoms with van der Waals surface area (Å²) in [5.41, 5.74) is -0.167. The standard InChI is InChI=1S/C8H14FNO.C6H6.CH3F/c9-7-4-8(6-11)2-1-3-10(8)5-7;1-2-4-6-5-3-1;1-2/h7,11H,1-6H2;1-6H;1H3/t7-,8-;;/m0../s1. The van der Waals surface area contributed by atoms with Crippen LogP contribution in [0.3, 0.4) is 0 Å². The molecule has 108 valence electrons. The molecule has 2 saturated heterocycles. The molecule has 2 aliphatic heterocycles. The number of hydrogen-bond acceptors (Lipinski definition) is 2. The minimum atomic E-state index is -0.706. The first-order valence-corrected chi connectivity index (χ1v) is 6.65. The summed E-state index contributed by atoms with van der Waals surface area (Å²) in [4.78, 5) is 2.11. The first-order valence-electron chi connectivity index (χ1n) is 6.65. The predicted octanol–water partition coefficient (Wildman–Crippen LogP) is 2.83. The van der Waals surface area contributed by atoms with Gasteiger partial charge in [-0.25, -0.2) is 4.39 Å². The summed E-state index contributed by atoms with van der Waals surface area (Å²) in [5, 5.41) is 9.14. The van der Waals surface area contributed by atoms with Gasteiger partial charge < -0.3 is 5.11 Å². The van der Waals surface area contributed by atoms with Crippen molar-refractivity contribution >= 4 is 0 Å². The van der Waals surface area contributed by atoms with Gasteiger partial charge in [0.05, 0.1) is 13.8 Å². The van der Waals surface area contributed by atoms with Crippen molar-refractivity contribution in [3.63, 3.8) is 0 Å². The van der Waals surface area contributed by atoms with Gasteiger partial charge in [-0.15, -0.1) is 0 Å². The van der Waals surface area contributed by atoms with E-state index in [0.717, 1.165) is 19.4 Å². The van der Waals surface area contributed by atoms with E-state index in [1.165, 1.54) is 0 Å². The summed E-state index contributed by atoms with van der Waals surface area (Å²) >= 11 is 0. The molecule has 2 nitrogen and oxygen atoms in total. The zero-order valence-corrected chi connectivity index (χ0v) is 11.4. The zero-order valence-electron chi connectivity index (χ0n) is 11.4. The van der Waals surface area contributed by atoms with Crippen LogP contribution in [-0.4, -0.2) is 48.6 Å². The molecule has 0 amide bonds. The van der Waals surface area contributed by atoms with Crippen molar-refractivity contribution in [1.82, 2.24) is 4.90 Å². The normalized spacial score (nSPS) is 28.7. The van der Waals surface area contributed by atoms with Gasteiger partial charge in [0, 0.05) is 18.5 Å². The Morgan fingerprint density at radius 3 is 2.11 bits per heavy atom. The fraction of sp³-hybridized carbons (Fsp3) is 0.600. The third-order valence-electron chi connectivity index (χ3n) is 3.72. The quantitative estimate of drug-likeness (QED) is 0.849. The third-order valence-corrected chi connectivity index (χ3v) is 3.72. The van der Waals surface area contributed by atoms with E-state index in [4.69, 9.17) is 5.11 Å². The number of aliphatic hydroxyl groups excluding tert-OH is 1. The van der Waals surface area contributed by atoms with Gasteiger partial charge in [0.15, 0.2) is 0 Å². The van der Waals surface area contributed by atoms with Crippen LogP contribution in [0.4, 0.5) is 8.78 Å². The average Bonchev–Trinajstić information content (AvgIpc) is 3.00. The SMILES string of the molecule is CF.OC[C@@]12CCCN1C[C@@H](F)C2.c1ccccc1. The van der Waals surface area contributed by atoms with E-state index in [0.29, 0.717) is 20.1 Å². The van der Waals surface area contributed by atoms with Crippen LogP contribution in [0.1, 0.15) is 19.3 Å². The molecule has 0 spiro atoms. The van der Waals surface area contributed by atoms with Gasteiger partial charge in [0.1, 0.15) is 6.17 Å². The van der Waals surface area contributed by atoms with Crippen LogP contribution in [0.15, 0.2) is 36.4 Å². The predicted molar refractivity (Wildman–Crippen MR) is 73.6 cm³/mol. The molecule has 0 bridgehead atoms. The molecular weight excluding hydrogens is 248 g/mol. The summed E-state index contributed by atoms with van der Waals surface area (Å²) in [6.07, 6.45) is 1.93. The van der Waals surface area contributed by atoms with Crippen LogP contribution in [0.2, 0.25) is 0 Å². The number of nitrogens with zero attached hydrogens (tertiary/aromatic N) is 1.